The number of nitrogens with zero attached hydrogens (tertiary/aromatic N) is 3. The lowest BCUT2D eigenvalue weighted by Gasteiger charge is -2.05. The first-order valence-corrected chi connectivity index (χ1v) is 8.90. The number of imidazole rings is 1. The molecule has 0 saturated carbocycles. The van der Waals surface area contributed by atoms with Gasteiger partial charge in [0.2, 0.25) is 5.95 Å². The van der Waals surface area contributed by atoms with Gasteiger partial charge in [0.25, 0.3) is 0 Å². The van der Waals surface area contributed by atoms with Crippen LogP contribution in [0.15, 0.2) is 102 Å². The van der Waals surface area contributed by atoms with E-state index >= 15 is 0 Å². The molecule has 0 spiro atoms. The Morgan fingerprint density at radius 1 is 0.815 bits per heavy atom. The van der Waals surface area contributed by atoms with Gasteiger partial charge in [-0.25, -0.2) is 9.66 Å². The van der Waals surface area contributed by atoms with Crippen LogP contribution in [0.2, 0.25) is 0 Å². The standard InChI is InChI=1S/C23H20N4/c1-4-10-19(11-5-1)16-24-23-26-22(21-14-8-3-9-15-21)18-27(23)25-17-20-12-6-2-7-13-20/h1-15,17-18H,16H2,(H,24,26). The van der Waals surface area contributed by atoms with Gasteiger partial charge in [0, 0.05) is 12.1 Å². The summed E-state index contributed by atoms with van der Waals surface area (Å²) in [6, 6.07) is 30.4. The van der Waals surface area contributed by atoms with Crippen molar-refractivity contribution in [2.75, 3.05) is 5.32 Å². The first-order valence-electron chi connectivity index (χ1n) is 8.90. The molecule has 1 heterocycles. The van der Waals surface area contributed by atoms with Gasteiger partial charge in [-0.3, -0.25) is 0 Å². The number of anilines is 1. The minimum atomic E-state index is 0.687. The van der Waals surface area contributed by atoms with Crippen LogP contribution < -0.4 is 5.32 Å². The molecule has 4 aromatic rings. The van der Waals surface area contributed by atoms with Gasteiger partial charge in [0.1, 0.15) is 0 Å². The molecule has 3 aromatic carbocycles. The summed E-state index contributed by atoms with van der Waals surface area (Å²) in [6.45, 7) is 0.687. The number of aromatic nitrogens is 2. The summed E-state index contributed by atoms with van der Waals surface area (Å²) in [6.07, 6.45) is 3.78. The second-order valence-electron chi connectivity index (χ2n) is 6.15. The molecule has 1 N–H and O–H groups in total. The zero-order chi connectivity index (χ0) is 18.3. The van der Waals surface area contributed by atoms with Crippen LogP contribution in [0.1, 0.15) is 11.1 Å². The van der Waals surface area contributed by atoms with Gasteiger partial charge < -0.3 is 5.32 Å². The summed E-state index contributed by atoms with van der Waals surface area (Å²) in [4.78, 5) is 4.75. The van der Waals surface area contributed by atoms with Crippen molar-refractivity contribution in [2.24, 2.45) is 5.10 Å². The van der Waals surface area contributed by atoms with Gasteiger partial charge in [-0.2, -0.15) is 5.10 Å². The Morgan fingerprint density at radius 2 is 1.44 bits per heavy atom. The van der Waals surface area contributed by atoms with Crippen LogP contribution in [0, 0.1) is 0 Å². The summed E-state index contributed by atoms with van der Waals surface area (Å²) in [5.74, 6) is 0.713. The number of hydrogen-bond acceptors (Lipinski definition) is 3. The largest absolute Gasteiger partial charge is 0.350 e. The van der Waals surface area contributed by atoms with E-state index in [9.17, 15) is 0 Å². The van der Waals surface area contributed by atoms with E-state index in [-0.39, 0.29) is 0 Å². The molecule has 0 aliphatic heterocycles. The van der Waals surface area contributed by atoms with Crippen LogP contribution in [0.5, 0.6) is 0 Å². The monoisotopic (exact) mass is 352 g/mol. The van der Waals surface area contributed by atoms with Crippen molar-refractivity contribution in [2.45, 2.75) is 6.54 Å². The fraction of sp³-hybridized carbons (Fsp3) is 0.0435. The Kier molecular flexibility index (Phi) is 5.07. The van der Waals surface area contributed by atoms with Gasteiger partial charge in [-0.05, 0) is 11.1 Å². The predicted molar refractivity (Wildman–Crippen MR) is 111 cm³/mol. The lowest BCUT2D eigenvalue weighted by Crippen LogP contribution is -2.04. The molecular formula is C23H20N4. The molecule has 0 radical (unpaired) electrons. The second-order valence-corrected chi connectivity index (χ2v) is 6.15. The van der Waals surface area contributed by atoms with Crippen LogP contribution in [-0.2, 0) is 6.54 Å². The van der Waals surface area contributed by atoms with Crippen molar-refractivity contribution in [3.8, 4) is 11.3 Å². The zero-order valence-electron chi connectivity index (χ0n) is 14.9. The number of rotatable bonds is 6. The summed E-state index contributed by atoms with van der Waals surface area (Å²) >= 11 is 0. The van der Waals surface area contributed by atoms with E-state index < -0.39 is 0 Å². The van der Waals surface area contributed by atoms with Crippen LogP contribution in [0.4, 0.5) is 5.95 Å². The zero-order valence-corrected chi connectivity index (χ0v) is 14.9. The lowest BCUT2D eigenvalue weighted by atomic mass is 10.2. The van der Waals surface area contributed by atoms with Crippen molar-refractivity contribution in [1.29, 1.82) is 0 Å². The molecule has 0 atom stereocenters. The summed E-state index contributed by atoms with van der Waals surface area (Å²) in [7, 11) is 0. The summed E-state index contributed by atoms with van der Waals surface area (Å²) < 4.78 is 1.79. The Bertz CT molecular complexity index is 1010. The Labute approximate surface area is 158 Å². The van der Waals surface area contributed by atoms with Crippen LogP contribution in [0.3, 0.4) is 0 Å². The maximum Gasteiger partial charge on any atom is 0.224 e. The number of hydrogen-bond donors (Lipinski definition) is 1. The quantitative estimate of drug-likeness (QED) is 0.494. The van der Waals surface area contributed by atoms with E-state index in [1.165, 1.54) is 5.56 Å². The fourth-order valence-corrected chi connectivity index (χ4v) is 2.77. The third kappa shape index (κ3) is 4.30. The molecule has 4 heteroatoms. The van der Waals surface area contributed by atoms with Gasteiger partial charge in [-0.1, -0.05) is 91.0 Å². The van der Waals surface area contributed by atoms with Crippen molar-refractivity contribution < 1.29 is 0 Å². The van der Waals surface area contributed by atoms with Gasteiger partial charge >= 0.3 is 0 Å². The third-order valence-corrected chi connectivity index (χ3v) is 4.18. The molecule has 0 fully saturated rings. The van der Waals surface area contributed by atoms with Crippen molar-refractivity contribution in [1.82, 2.24) is 9.66 Å². The molecule has 0 aliphatic rings. The topological polar surface area (TPSA) is 42.2 Å². The average Bonchev–Trinajstić information content (AvgIpc) is 3.16. The Balaban J connectivity index is 1.62. The molecule has 27 heavy (non-hydrogen) atoms. The lowest BCUT2D eigenvalue weighted by molar-refractivity contribution is 0.873. The normalized spacial score (nSPS) is 11.0. The van der Waals surface area contributed by atoms with E-state index in [1.54, 1.807) is 4.68 Å². The summed E-state index contributed by atoms with van der Waals surface area (Å²) in [5, 5.41) is 8.00. The van der Waals surface area contributed by atoms with Crippen LogP contribution in [-0.4, -0.2) is 15.9 Å². The van der Waals surface area contributed by atoms with E-state index in [4.69, 9.17) is 4.98 Å². The van der Waals surface area contributed by atoms with Gasteiger partial charge in [-0.15, -0.1) is 0 Å². The molecular weight excluding hydrogens is 332 g/mol. The predicted octanol–water partition coefficient (Wildman–Crippen LogP) is 5.04. The third-order valence-electron chi connectivity index (χ3n) is 4.18. The first-order chi connectivity index (χ1) is 13.4. The highest BCUT2D eigenvalue weighted by molar-refractivity contribution is 5.79. The maximum atomic E-state index is 4.75. The Morgan fingerprint density at radius 3 is 2.15 bits per heavy atom. The second kappa shape index (κ2) is 8.15. The Hall–Kier alpha value is -3.66. The molecule has 0 unspecified atom stereocenters. The number of benzene rings is 3. The first kappa shape index (κ1) is 16.8. The van der Waals surface area contributed by atoms with Crippen molar-refractivity contribution >= 4 is 12.2 Å². The van der Waals surface area contributed by atoms with E-state index in [0.29, 0.717) is 12.5 Å². The minimum absolute atomic E-state index is 0.687. The summed E-state index contributed by atoms with van der Waals surface area (Å²) in [5.41, 5.74) is 4.19. The number of nitrogens with one attached hydrogen (secondary N) is 1. The van der Waals surface area contributed by atoms with E-state index in [1.807, 2.05) is 79.1 Å². The molecule has 132 valence electrons. The average molecular weight is 352 g/mol. The SMILES string of the molecule is C(=Nn1cc(-c2ccccc2)nc1NCc1ccccc1)c1ccccc1. The minimum Gasteiger partial charge on any atom is -0.350 e. The highest BCUT2D eigenvalue weighted by Gasteiger charge is 2.09. The van der Waals surface area contributed by atoms with Crippen molar-refractivity contribution in [3.05, 3.63) is 108 Å². The molecule has 4 rings (SSSR count). The maximum absolute atomic E-state index is 4.75. The molecule has 4 nitrogen and oxygen atoms in total. The van der Waals surface area contributed by atoms with E-state index in [2.05, 4.69) is 34.7 Å². The highest BCUT2D eigenvalue weighted by atomic mass is 15.4. The molecule has 1 aromatic heterocycles. The molecule has 0 bridgehead atoms. The smallest absolute Gasteiger partial charge is 0.224 e. The van der Waals surface area contributed by atoms with Crippen LogP contribution >= 0.6 is 0 Å². The van der Waals surface area contributed by atoms with Crippen LogP contribution in [0.25, 0.3) is 11.3 Å². The molecule has 0 saturated heterocycles. The van der Waals surface area contributed by atoms with Gasteiger partial charge in [0.05, 0.1) is 18.1 Å². The van der Waals surface area contributed by atoms with Crippen molar-refractivity contribution in [3.63, 3.8) is 0 Å². The highest BCUT2D eigenvalue weighted by Crippen LogP contribution is 2.21. The molecule has 0 amide bonds. The van der Waals surface area contributed by atoms with Gasteiger partial charge in [0.15, 0.2) is 0 Å². The fourth-order valence-electron chi connectivity index (χ4n) is 2.77. The molecule has 0 aliphatic carbocycles. The van der Waals surface area contributed by atoms with E-state index in [0.717, 1.165) is 16.8 Å².